The van der Waals surface area contributed by atoms with Crippen molar-refractivity contribution < 1.29 is 9.47 Å². The van der Waals surface area contributed by atoms with Gasteiger partial charge in [0.1, 0.15) is 11.5 Å². The van der Waals surface area contributed by atoms with Crippen LogP contribution in [0, 0.1) is 17.8 Å². The highest BCUT2D eigenvalue weighted by Crippen LogP contribution is 2.41. The molecule has 0 saturated heterocycles. The largest absolute Gasteiger partial charge is 0.497 e. The van der Waals surface area contributed by atoms with E-state index in [-0.39, 0.29) is 6.04 Å². The second-order valence-electron chi connectivity index (χ2n) is 6.31. The molecule has 0 radical (unpaired) electrons. The lowest BCUT2D eigenvalue weighted by molar-refractivity contribution is 0.192. The van der Waals surface area contributed by atoms with Gasteiger partial charge in [0.25, 0.3) is 0 Å². The third-order valence-electron chi connectivity index (χ3n) is 4.52. The molecule has 0 spiro atoms. The van der Waals surface area contributed by atoms with E-state index < -0.39 is 0 Å². The molecule has 3 atom stereocenters. The Hall–Kier alpha value is -1.22. The molecular weight excluding hydrogens is 250 g/mol. The minimum absolute atomic E-state index is 0.0426. The van der Waals surface area contributed by atoms with Crippen LogP contribution in [0.4, 0.5) is 0 Å². The third kappa shape index (κ3) is 3.26. The van der Waals surface area contributed by atoms with Crippen molar-refractivity contribution in [2.24, 2.45) is 23.5 Å². The van der Waals surface area contributed by atoms with Gasteiger partial charge in [0.2, 0.25) is 0 Å². The van der Waals surface area contributed by atoms with Gasteiger partial charge in [0.05, 0.1) is 14.2 Å². The minimum atomic E-state index is 0.0426. The van der Waals surface area contributed by atoms with Crippen molar-refractivity contribution in [3.05, 3.63) is 23.8 Å². The molecule has 1 aromatic rings. The van der Waals surface area contributed by atoms with Crippen LogP contribution in [0.25, 0.3) is 0 Å². The summed E-state index contributed by atoms with van der Waals surface area (Å²) >= 11 is 0. The Morgan fingerprint density at radius 1 is 1.05 bits per heavy atom. The van der Waals surface area contributed by atoms with E-state index in [0.29, 0.717) is 5.92 Å². The molecule has 0 aromatic heterocycles. The molecule has 0 heterocycles. The second-order valence-corrected chi connectivity index (χ2v) is 6.31. The highest BCUT2D eigenvalue weighted by Gasteiger charge is 2.30. The number of benzene rings is 1. The average molecular weight is 277 g/mol. The lowest BCUT2D eigenvalue weighted by Crippen LogP contribution is -2.29. The molecule has 3 nitrogen and oxygen atoms in total. The van der Waals surface area contributed by atoms with Crippen LogP contribution in [0.15, 0.2) is 18.2 Å². The number of ether oxygens (including phenoxy) is 2. The fourth-order valence-electron chi connectivity index (χ4n) is 3.65. The number of hydrogen-bond donors (Lipinski definition) is 1. The molecule has 0 aliphatic heterocycles. The summed E-state index contributed by atoms with van der Waals surface area (Å²) in [7, 11) is 3.36. The van der Waals surface area contributed by atoms with E-state index in [0.717, 1.165) is 28.9 Å². The summed E-state index contributed by atoms with van der Waals surface area (Å²) < 4.78 is 10.7. The van der Waals surface area contributed by atoms with Crippen molar-refractivity contribution in [1.29, 1.82) is 0 Å². The van der Waals surface area contributed by atoms with E-state index in [1.54, 1.807) is 14.2 Å². The van der Waals surface area contributed by atoms with Gasteiger partial charge in [0.15, 0.2) is 0 Å². The molecule has 2 rings (SSSR count). The quantitative estimate of drug-likeness (QED) is 0.911. The molecule has 3 unspecified atom stereocenters. The molecule has 0 bridgehead atoms. The van der Waals surface area contributed by atoms with Gasteiger partial charge in [-0.05, 0) is 43.1 Å². The zero-order chi connectivity index (χ0) is 14.7. The van der Waals surface area contributed by atoms with Crippen LogP contribution in [0.3, 0.4) is 0 Å². The first-order chi connectivity index (χ1) is 9.55. The molecule has 3 heteroatoms. The topological polar surface area (TPSA) is 44.5 Å². The van der Waals surface area contributed by atoms with Crippen LogP contribution in [-0.4, -0.2) is 14.2 Å². The van der Waals surface area contributed by atoms with E-state index in [1.165, 1.54) is 19.3 Å². The first-order valence-corrected chi connectivity index (χ1v) is 7.52. The fourth-order valence-corrected chi connectivity index (χ4v) is 3.65. The van der Waals surface area contributed by atoms with Gasteiger partial charge in [-0.2, -0.15) is 0 Å². The Balaban J connectivity index is 2.21. The standard InChI is InChI=1S/C17H27NO2/c1-11-7-12(2)9-13(8-11)17(18)15-6-5-14(19-3)10-16(15)20-4/h5-6,10-13,17H,7-9,18H2,1-4H3. The van der Waals surface area contributed by atoms with E-state index in [2.05, 4.69) is 13.8 Å². The van der Waals surface area contributed by atoms with Gasteiger partial charge in [-0.15, -0.1) is 0 Å². The van der Waals surface area contributed by atoms with Crippen LogP contribution in [0.2, 0.25) is 0 Å². The van der Waals surface area contributed by atoms with Gasteiger partial charge in [-0.25, -0.2) is 0 Å². The zero-order valence-electron chi connectivity index (χ0n) is 13.1. The summed E-state index contributed by atoms with van der Waals surface area (Å²) in [6.45, 7) is 4.67. The van der Waals surface area contributed by atoms with Gasteiger partial charge in [-0.1, -0.05) is 19.9 Å². The third-order valence-corrected chi connectivity index (χ3v) is 4.52. The normalized spacial score (nSPS) is 27.9. The summed E-state index contributed by atoms with van der Waals surface area (Å²) in [6, 6.07) is 5.98. The molecule has 1 aliphatic carbocycles. The first kappa shape index (κ1) is 15.2. The van der Waals surface area contributed by atoms with E-state index in [4.69, 9.17) is 15.2 Å². The van der Waals surface area contributed by atoms with Crippen molar-refractivity contribution >= 4 is 0 Å². The predicted octanol–water partition coefficient (Wildman–Crippen LogP) is 3.78. The highest BCUT2D eigenvalue weighted by molar-refractivity contribution is 5.42. The van der Waals surface area contributed by atoms with E-state index >= 15 is 0 Å². The molecule has 1 fully saturated rings. The minimum Gasteiger partial charge on any atom is -0.497 e. The van der Waals surface area contributed by atoms with Crippen LogP contribution in [0.5, 0.6) is 11.5 Å². The van der Waals surface area contributed by atoms with Crippen molar-refractivity contribution in [2.75, 3.05) is 14.2 Å². The second kappa shape index (κ2) is 6.49. The van der Waals surface area contributed by atoms with Gasteiger partial charge in [0, 0.05) is 17.7 Å². The van der Waals surface area contributed by atoms with E-state index in [9.17, 15) is 0 Å². The Kier molecular flexibility index (Phi) is 4.92. The Morgan fingerprint density at radius 2 is 1.70 bits per heavy atom. The van der Waals surface area contributed by atoms with Gasteiger partial charge in [-0.3, -0.25) is 0 Å². The average Bonchev–Trinajstić information content (AvgIpc) is 2.44. The summed E-state index contributed by atoms with van der Waals surface area (Å²) in [5.74, 6) is 3.71. The van der Waals surface area contributed by atoms with Crippen molar-refractivity contribution in [3.8, 4) is 11.5 Å². The van der Waals surface area contributed by atoms with Crippen LogP contribution in [-0.2, 0) is 0 Å². The van der Waals surface area contributed by atoms with Crippen molar-refractivity contribution in [2.45, 2.75) is 39.2 Å². The summed E-state index contributed by atoms with van der Waals surface area (Å²) in [5.41, 5.74) is 7.64. The predicted molar refractivity (Wildman–Crippen MR) is 82.1 cm³/mol. The maximum absolute atomic E-state index is 6.54. The Bertz CT molecular complexity index is 437. The van der Waals surface area contributed by atoms with Crippen molar-refractivity contribution in [1.82, 2.24) is 0 Å². The summed E-state index contributed by atoms with van der Waals surface area (Å²) in [6.07, 6.45) is 3.74. The lowest BCUT2D eigenvalue weighted by Gasteiger charge is -2.35. The first-order valence-electron chi connectivity index (χ1n) is 7.52. The molecule has 1 aromatic carbocycles. The molecule has 112 valence electrons. The maximum atomic E-state index is 6.54. The van der Waals surface area contributed by atoms with Crippen LogP contribution < -0.4 is 15.2 Å². The maximum Gasteiger partial charge on any atom is 0.127 e. The Morgan fingerprint density at radius 3 is 2.25 bits per heavy atom. The number of hydrogen-bond acceptors (Lipinski definition) is 3. The number of rotatable bonds is 4. The molecular formula is C17H27NO2. The Labute approximate surface area is 122 Å². The fraction of sp³-hybridized carbons (Fsp3) is 0.647. The van der Waals surface area contributed by atoms with Gasteiger partial charge >= 0.3 is 0 Å². The van der Waals surface area contributed by atoms with E-state index in [1.807, 2.05) is 18.2 Å². The van der Waals surface area contributed by atoms with Gasteiger partial charge < -0.3 is 15.2 Å². The van der Waals surface area contributed by atoms with Crippen molar-refractivity contribution in [3.63, 3.8) is 0 Å². The number of nitrogens with two attached hydrogens (primary N) is 1. The molecule has 2 N–H and O–H groups in total. The molecule has 1 saturated carbocycles. The molecule has 1 aliphatic rings. The lowest BCUT2D eigenvalue weighted by atomic mass is 9.72. The smallest absolute Gasteiger partial charge is 0.127 e. The summed E-state index contributed by atoms with van der Waals surface area (Å²) in [4.78, 5) is 0. The zero-order valence-corrected chi connectivity index (χ0v) is 13.1. The number of methoxy groups -OCH3 is 2. The SMILES string of the molecule is COc1ccc(C(N)C2CC(C)CC(C)C2)c(OC)c1. The van der Waals surface area contributed by atoms with Crippen LogP contribution >= 0.6 is 0 Å². The highest BCUT2D eigenvalue weighted by atomic mass is 16.5. The molecule has 0 amide bonds. The molecule has 20 heavy (non-hydrogen) atoms. The van der Waals surface area contributed by atoms with Crippen LogP contribution in [0.1, 0.15) is 44.7 Å². The summed E-state index contributed by atoms with van der Waals surface area (Å²) in [5, 5.41) is 0. The monoisotopic (exact) mass is 277 g/mol.